The third-order valence-corrected chi connectivity index (χ3v) is 13.5. The number of fused-ring (bicyclic) bond motifs is 2. The molecule has 0 unspecified atom stereocenters. The minimum atomic E-state index is -0.626. The average Bonchev–Trinajstić information content (AvgIpc) is 4.03. The fourth-order valence-corrected chi connectivity index (χ4v) is 10.5. The van der Waals surface area contributed by atoms with Crippen LogP contribution in [0.1, 0.15) is 108 Å². The zero-order valence-electron chi connectivity index (χ0n) is 40.3. The van der Waals surface area contributed by atoms with Crippen LogP contribution in [-0.2, 0) is 17.6 Å². The van der Waals surface area contributed by atoms with Gasteiger partial charge in [0.15, 0.2) is 0 Å². The van der Waals surface area contributed by atoms with E-state index in [2.05, 4.69) is 59.7 Å². The Kier molecular flexibility index (Phi) is 16.8. The maximum Gasteiger partial charge on any atom is 0.410 e. The number of benzene rings is 4. The first kappa shape index (κ1) is 50.6. The Balaban J connectivity index is 0.000000208. The molecular formula is C53H60N8O6S2. The predicted molar refractivity (Wildman–Crippen MR) is 272 cm³/mol. The van der Waals surface area contributed by atoms with Crippen molar-refractivity contribution in [2.24, 2.45) is 0 Å². The Bertz CT molecular complexity index is 2820. The van der Waals surface area contributed by atoms with Gasteiger partial charge in [0, 0.05) is 41.4 Å². The Hall–Kier alpha value is -6.27. The molecule has 0 fully saturated rings. The second-order valence-electron chi connectivity index (χ2n) is 18.4. The average molecular weight is 969 g/mol. The van der Waals surface area contributed by atoms with Crippen molar-refractivity contribution in [3.8, 4) is 53.8 Å². The molecule has 2 aromatic heterocycles. The number of carbonyl (C=O) groups excluding carboxylic acids is 1. The summed E-state index contributed by atoms with van der Waals surface area (Å²) in [5.41, 5.74) is 8.91. The third kappa shape index (κ3) is 12.3. The van der Waals surface area contributed by atoms with Crippen LogP contribution >= 0.6 is 22.7 Å². The van der Waals surface area contributed by atoms with Crippen molar-refractivity contribution in [1.82, 2.24) is 30.6 Å². The van der Waals surface area contributed by atoms with Crippen molar-refractivity contribution < 1.29 is 29.2 Å². The van der Waals surface area contributed by atoms with Crippen molar-refractivity contribution >= 4 is 40.1 Å². The molecule has 8 rings (SSSR count). The molecule has 0 aliphatic heterocycles. The third-order valence-electron chi connectivity index (χ3n) is 11.5. The maximum atomic E-state index is 13.1. The number of aromatic nitrogens is 4. The number of aliphatic hydroxyl groups excluding tert-OH is 2. The van der Waals surface area contributed by atoms with Crippen LogP contribution in [0.4, 0.5) is 16.2 Å². The van der Waals surface area contributed by atoms with Crippen molar-refractivity contribution in [1.29, 1.82) is 0 Å². The van der Waals surface area contributed by atoms with E-state index in [9.17, 15) is 15.0 Å². The lowest BCUT2D eigenvalue weighted by molar-refractivity contribution is 0.0101. The number of carbonyl (C=O) groups is 1. The summed E-state index contributed by atoms with van der Waals surface area (Å²) in [5.74, 6) is 1.15. The summed E-state index contributed by atoms with van der Waals surface area (Å²) in [5, 5.41) is 43.4. The zero-order valence-corrected chi connectivity index (χ0v) is 41.9. The summed E-state index contributed by atoms with van der Waals surface area (Å²) < 4.78 is 17.2. The first-order valence-corrected chi connectivity index (χ1v) is 25.1. The molecule has 16 heteroatoms. The molecule has 3 N–H and O–H groups in total. The molecule has 69 heavy (non-hydrogen) atoms. The van der Waals surface area contributed by atoms with Gasteiger partial charge in [0.05, 0.1) is 44.6 Å². The summed E-state index contributed by atoms with van der Waals surface area (Å²) in [7, 11) is 0. The van der Waals surface area contributed by atoms with Crippen LogP contribution < -0.4 is 14.8 Å². The lowest BCUT2D eigenvalue weighted by atomic mass is 9.84. The van der Waals surface area contributed by atoms with E-state index in [1.807, 2.05) is 90.9 Å². The summed E-state index contributed by atoms with van der Waals surface area (Å²) in [6, 6.07) is 23.6. The molecule has 2 aliphatic rings. The largest absolute Gasteiger partial charge is 0.502 e. The number of amides is 1. The summed E-state index contributed by atoms with van der Waals surface area (Å²) in [6.07, 6.45) is 5.31. The van der Waals surface area contributed by atoms with Gasteiger partial charge >= 0.3 is 6.09 Å². The van der Waals surface area contributed by atoms with E-state index in [1.54, 1.807) is 22.3 Å². The lowest BCUT2D eigenvalue weighted by Gasteiger charge is -2.37. The van der Waals surface area contributed by atoms with Gasteiger partial charge in [0.1, 0.15) is 37.1 Å². The quantitative estimate of drug-likeness (QED) is 0.0891. The van der Waals surface area contributed by atoms with Gasteiger partial charge in [-0.1, -0.05) is 71.2 Å². The van der Waals surface area contributed by atoms with E-state index in [4.69, 9.17) is 27.4 Å². The van der Waals surface area contributed by atoms with Gasteiger partial charge in [-0.3, -0.25) is 4.90 Å². The molecule has 14 nitrogen and oxygen atoms in total. The zero-order chi connectivity index (χ0) is 49.2. The minimum Gasteiger partial charge on any atom is -0.502 e. The molecule has 0 bridgehead atoms. The predicted octanol–water partition coefficient (Wildman–Crippen LogP) is 12.0. The van der Waals surface area contributed by atoms with E-state index in [0.717, 1.165) is 91.9 Å². The molecule has 2 atom stereocenters. The van der Waals surface area contributed by atoms with Gasteiger partial charge < -0.3 is 29.7 Å². The van der Waals surface area contributed by atoms with Crippen LogP contribution in [0.2, 0.25) is 0 Å². The van der Waals surface area contributed by atoms with E-state index in [0.29, 0.717) is 29.4 Å². The maximum absolute atomic E-state index is 13.1. The number of nitrogens with zero attached hydrogens (tertiary/aromatic N) is 7. The molecule has 2 aliphatic carbocycles. The number of nitrogens with one attached hydrogen (secondary N) is 1. The topological polar surface area (TPSA) is 161 Å². The summed E-state index contributed by atoms with van der Waals surface area (Å²) >= 11 is 3.02. The standard InChI is InChI=1S/C29H34N4O4S.C24H26N4O2S/c1-18(2)36-25-14-13-19(17-23(25)30-6)26-31-32-27(38-26)22-11-7-10-21-20(22)9-8-12-24(21)33(15-16-34)28(35)37-29(3,4)5;1-15(2)30-22-11-10-16(14-21(22)25-3)23-27-28-24(31-23)19-8-4-7-18-17(19)6-5-9-20(18)26-12-13-29/h7,10-11,13-14,17-18,24,34H,8-9,12,15-16H2,1-5H3;4,7-8,10-11,14-15,20,26,29H,5-6,9,12-13H2,1-2H3/t24-;20-/m11/s1. The lowest BCUT2D eigenvalue weighted by Crippen LogP contribution is -2.42. The van der Waals surface area contributed by atoms with Crippen molar-refractivity contribution in [2.45, 2.75) is 117 Å². The van der Waals surface area contributed by atoms with E-state index in [1.165, 1.54) is 22.5 Å². The van der Waals surface area contributed by atoms with Crippen LogP contribution in [0, 0.1) is 13.1 Å². The number of ether oxygens (including phenoxy) is 3. The Morgan fingerprint density at radius 1 is 0.739 bits per heavy atom. The van der Waals surface area contributed by atoms with Gasteiger partial charge in [-0.25, -0.2) is 14.5 Å². The molecule has 1 amide bonds. The molecular weight excluding hydrogens is 909 g/mol. The molecule has 0 saturated heterocycles. The Morgan fingerprint density at radius 2 is 1.25 bits per heavy atom. The first-order chi connectivity index (χ1) is 33.2. The number of hydrogen-bond acceptors (Lipinski definition) is 13. The smallest absolute Gasteiger partial charge is 0.410 e. The van der Waals surface area contributed by atoms with E-state index >= 15 is 0 Å². The highest BCUT2D eigenvalue weighted by Gasteiger charge is 2.33. The summed E-state index contributed by atoms with van der Waals surface area (Å²) in [4.78, 5) is 21.9. The molecule has 2 heterocycles. The van der Waals surface area contributed by atoms with E-state index < -0.39 is 11.7 Å². The van der Waals surface area contributed by atoms with Crippen molar-refractivity contribution in [3.05, 3.63) is 118 Å². The van der Waals surface area contributed by atoms with Gasteiger partial charge in [-0.15, -0.1) is 20.4 Å². The Morgan fingerprint density at radius 3 is 1.74 bits per heavy atom. The highest BCUT2D eigenvalue weighted by atomic mass is 32.1. The normalized spacial score (nSPS) is 15.3. The van der Waals surface area contributed by atoms with Crippen LogP contribution in [0.25, 0.3) is 52.0 Å². The number of rotatable bonds is 14. The molecule has 0 saturated carbocycles. The Labute approximate surface area is 413 Å². The molecule has 4 aromatic carbocycles. The highest BCUT2D eigenvalue weighted by Crippen LogP contribution is 2.43. The van der Waals surface area contributed by atoms with Crippen molar-refractivity contribution in [3.63, 3.8) is 0 Å². The molecule has 0 spiro atoms. The van der Waals surface area contributed by atoms with Crippen LogP contribution in [0.3, 0.4) is 0 Å². The first-order valence-electron chi connectivity index (χ1n) is 23.4. The molecule has 0 radical (unpaired) electrons. The van der Waals surface area contributed by atoms with Crippen molar-refractivity contribution in [2.75, 3.05) is 26.3 Å². The minimum absolute atomic E-state index is 0.0134. The molecule has 360 valence electrons. The number of hydrogen-bond donors (Lipinski definition) is 3. The van der Waals surface area contributed by atoms with Gasteiger partial charge in [-0.05, 0) is 134 Å². The van der Waals surface area contributed by atoms with Crippen LogP contribution in [0.15, 0.2) is 72.8 Å². The van der Waals surface area contributed by atoms with Gasteiger partial charge in [-0.2, -0.15) is 0 Å². The second-order valence-corrected chi connectivity index (χ2v) is 20.4. The number of aliphatic hydroxyl groups is 2. The van der Waals surface area contributed by atoms with Gasteiger partial charge in [0.25, 0.3) is 0 Å². The monoisotopic (exact) mass is 968 g/mol. The molecule has 6 aromatic rings. The van der Waals surface area contributed by atoms with Gasteiger partial charge in [0.2, 0.25) is 11.4 Å². The SMILES string of the molecule is [C-]#[N+]c1cc(-c2nnc(-c3cccc4c3CCC[C@H]4N(CCO)C(=O)OC(C)(C)C)s2)ccc1OC(C)C.[C-]#[N+]c1cc(-c2nnc(-c3cccc4c3CCC[C@H]4NCCO)s2)ccc1OC(C)C. The fourth-order valence-electron chi connectivity index (χ4n) is 8.73. The highest BCUT2D eigenvalue weighted by molar-refractivity contribution is 7.18. The van der Waals surface area contributed by atoms with Crippen LogP contribution in [-0.4, -0.2) is 85.7 Å². The second kappa shape index (κ2) is 22.9. The summed E-state index contributed by atoms with van der Waals surface area (Å²) in [6.45, 7) is 29.1. The fraction of sp³-hybridized carbons (Fsp3) is 0.415. The van der Waals surface area contributed by atoms with E-state index in [-0.39, 0.29) is 44.1 Å². The van der Waals surface area contributed by atoms with Crippen LogP contribution in [0.5, 0.6) is 11.5 Å².